The molecule has 0 fully saturated rings. The number of carbonyl (C=O) groups is 1. The molecule has 3 rings (SSSR count). The van der Waals surface area contributed by atoms with Crippen LogP contribution in [0, 0.1) is 17.1 Å². The Balaban J connectivity index is 2.07. The molecule has 3 aromatic rings. The normalized spacial score (nSPS) is 11.2. The minimum absolute atomic E-state index is 0.0358. The first-order valence-electron chi connectivity index (χ1n) is 10.4. The summed E-state index contributed by atoms with van der Waals surface area (Å²) in [5.74, 6) is -0.0412. The molecule has 0 bridgehead atoms. The van der Waals surface area contributed by atoms with Crippen LogP contribution in [0.25, 0.3) is 10.9 Å². The molecule has 2 aromatic carbocycles. The first-order chi connectivity index (χ1) is 15.8. The minimum Gasteiger partial charge on any atom is -0.494 e. The number of carbonyl (C=O) groups excluding carboxylic acids is 1. The SMILES string of the molecule is CCOc1cc2ncc(C#N)c(Nc3ccc(F)c(Cl)c3)c2cc1CC(=O)/C=C/CN(C)C. The molecule has 8 heteroatoms. The van der Waals surface area contributed by atoms with E-state index in [0.717, 1.165) is 0 Å². The molecule has 0 atom stereocenters. The molecule has 0 saturated carbocycles. The van der Waals surface area contributed by atoms with E-state index in [1.165, 1.54) is 24.4 Å². The van der Waals surface area contributed by atoms with Gasteiger partial charge in [0, 0.05) is 41.9 Å². The highest BCUT2D eigenvalue weighted by atomic mass is 35.5. The number of halogens is 2. The van der Waals surface area contributed by atoms with Crippen molar-refractivity contribution in [2.45, 2.75) is 13.3 Å². The Morgan fingerprint density at radius 3 is 2.79 bits per heavy atom. The second-order valence-electron chi connectivity index (χ2n) is 7.63. The fourth-order valence-corrected chi connectivity index (χ4v) is 3.45. The highest BCUT2D eigenvalue weighted by Gasteiger charge is 2.16. The number of aromatic nitrogens is 1. The van der Waals surface area contributed by atoms with Crippen LogP contribution < -0.4 is 10.1 Å². The van der Waals surface area contributed by atoms with Gasteiger partial charge in [-0.05, 0) is 51.4 Å². The van der Waals surface area contributed by atoms with E-state index in [9.17, 15) is 14.4 Å². The number of benzene rings is 2. The molecule has 6 nitrogen and oxygen atoms in total. The largest absolute Gasteiger partial charge is 0.494 e. The van der Waals surface area contributed by atoms with Crippen LogP contribution in [0.3, 0.4) is 0 Å². The Bertz CT molecular complexity index is 1250. The fraction of sp³-hybridized carbons (Fsp3) is 0.240. The Morgan fingerprint density at radius 1 is 1.33 bits per heavy atom. The van der Waals surface area contributed by atoms with Crippen LogP contribution in [0.5, 0.6) is 5.75 Å². The summed E-state index contributed by atoms with van der Waals surface area (Å²) in [4.78, 5) is 18.9. The van der Waals surface area contributed by atoms with Gasteiger partial charge in [-0.3, -0.25) is 9.78 Å². The first kappa shape index (κ1) is 24.2. The molecule has 0 aliphatic heterocycles. The van der Waals surface area contributed by atoms with Gasteiger partial charge in [0.15, 0.2) is 5.78 Å². The molecule has 0 spiro atoms. The Labute approximate surface area is 197 Å². The van der Waals surface area contributed by atoms with E-state index >= 15 is 0 Å². The maximum absolute atomic E-state index is 13.6. The van der Waals surface area contributed by atoms with Crippen LogP contribution in [-0.2, 0) is 11.2 Å². The number of likely N-dealkylation sites (N-methyl/N-ethyl adjacent to an activating group) is 1. The van der Waals surface area contributed by atoms with Crippen LogP contribution in [0.2, 0.25) is 5.02 Å². The monoisotopic (exact) mass is 466 g/mol. The van der Waals surface area contributed by atoms with E-state index in [1.807, 2.05) is 32.0 Å². The summed E-state index contributed by atoms with van der Waals surface area (Å²) in [7, 11) is 3.85. The van der Waals surface area contributed by atoms with Gasteiger partial charge in [0.05, 0.1) is 28.4 Å². The van der Waals surface area contributed by atoms with E-state index in [-0.39, 0.29) is 17.2 Å². The smallest absolute Gasteiger partial charge is 0.159 e. The number of hydrogen-bond donors (Lipinski definition) is 1. The van der Waals surface area contributed by atoms with Gasteiger partial charge in [-0.15, -0.1) is 0 Å². The lowest BCUT2D eigenvalue weighted by Crippen LogP contribution is -2.11. The topological polar surface area (TPSA) is 78.2 Å². The van der Waals surface area contributed by atoms with Gasteiger partial charge >= 0.3 is 0 Å². The molecule has 1 heterocycles. The highest BCUT2D eigenvalue weighted by molar-refractivity contribution is 6.31. The van der Waals surface area contributed by atoms with Gasteiger partial charge in [-0.25, -0.2) is 4.39 Å². The number of ketones is 1. The summed E-state index contributed by atoms with van der Waals surface area (Å²) >= 11 is 5.92. The molecular formula is C25H24ClFN4O2. The molecule has 170 valence electrons. The predicted molar refractivity (Wildman–Crippen MR) is 129 cm³/mol. The van der Waals surface area contributed by atoms with Crippen LogP contribution in [-0.4, -0.2) is 42.9 Å². The van der Waals surface area contributed by atoms with Crippen molar-refractivity contribution >= 4 is 39.7 Å². The molecule has 33 heavy (non-hydrogen) atoms. The van der Waals surface area contributed by atoms with Crippen molar-refractivity contribution in [3.63, 3.8) is 0 Å². The van der Waals surface area contributed by atoms with Crippen molar-refractivity contribution < 1.29 is 13.9 Å². The first-order valence-corrected chi connectivity index (χ1v) is 10.7. The summed E-state index contributed by atoms with van der Waals surface area (Å²) in [6.45, 7) is 2.95. The second kappa shape index (κ2) is 10.9. The van der Waals surface area contributed by atoms with Crippen molar-refractivity contribution in [2.75, 3.05) is 32.6 Å². The molecular weight excluding hydrogens is 443 g/mol. The molecule has 1 N–H and O–H groups in total. The summed E-state index contributed by atoms with van der Waals surface area (Å²) < 4.78 is 19.3. The zero-order valence-corrected chi connectivity index (χ0v) is 19.4. The van der Waals surface area contributed by atoms with Gasteiger partial charge < -0.3 is 15.0 Å². The lowest BCUT2D eigenvalue weighted by molar-refractivity contribution is -0.114. The van der Waals surface area contributed by atoms with Crippen molar-refractivity contribution in [3.05, 3.63) is 70.6 Å². The standard InChI is InChI=1S/C25H24ClFN4O2/c1-4-33-24-13-23-20(11-16(24)10-19(32)6-5-9-31(2)3)25(17(14-28)15-29-23)30-18-7-8-22(27)21(26)12-18/h5-8,11-13,15H,4,9-10H2,1-3H3,(H,29,30)/b6-5+. The molecule has 1 aromatic heterocycles. The molecule has 0 amide bonds. The molecule has 0 radical (unpaired) electrons. The maximum Gasteiger partial charge on any atom is 0.159 e. The number of pyridine rings is 1. The third-order valence-electron chi connectivity index (χ3n) is 4.80. The van der Waals surface area contributed by atoms with E-state index in [2.05, 4.69) is 16.4 Å². The number of ether oxygens (including phenoxy) is 1. The Kier molecular flexibility index (Phi) is 7.99. The van der Waals surface area contributed by atoms with E-state index in [0.29, 0.717) is 52.3 Å². The second-order valence-corrected chi connectivity index (χ2v) is 8.04. The molecule has 0 unspecified atom stereocenters. The summed E-state index contributed by atoms with van der Waals surface area (Å²) in [6, 6.07) is 9.91. The number of nitrogens with zero attached hydrogens (tertiary/aromatic N) is 3. The third-order valence-corrected chi connectivity index (χ3v) is 5.09. The molecule has 0 aliphatic carbocycles. The van der Waals surface area contributed by atoms with Crippen molar-refractivity contribution in [1.82, 2.24) is 9.88 Å². The van der Waals surface area contributed by atoms with Gasteiger partial charge in [-0.1, -0.05) is 17.7 Å². The van der Waals surface area contributed by atoms with E-state index in [4.69, 9.17) is 16.3 Å². The van der Waals surface area contributed by atoms with Gasteiger partial charge in [0.2, 0.25) is 0 Å². The number of rotatable bonds is 9. The predicted octanol–water partition coefficient (Wildman–Crippen LogP) is 5.27. The summed E-state index contributed by atoms with van der Waals surface area (Å²) in [5.41, 5.74) is 2.58. The number of nitriles is 1. The van der Waals surface area contributed by atoms with E-state index < -0.39 is 5.82 Å². The van der Waals surface area contributed by atoms with Crippen LogP contribution >= 0.6 is 11.6 Å². The highest BCUT2D eigenvalue weighted by Crippen LogP contribution is 2.34. The van der Waals surface area contributed by atoms with Crippen molar-refractivity contribution in [2.24, 2.45) is 0 Å². The third kappa shape index (κ3) is 6.07. The fourth-order valence-electron chi connectivity index (χ4n) is 3.27. The van der Waals surface area contributed by atoms with Crippen molar-refractivity contribution in [1.29, 1.82) is 5.26 Å². The Hall–Kier alpha value is -3.47. The zero-order valence-electron chi connectivity index (χ0n) is 18.7. The number of fused-ring (bicyclic) bond motifs is 1. The van der Waals surface area contributed by atoms with Gasteiger partial charge in [-0.2, -0.15) is 5.26 Å². The number of nitrogens with one attached hydrogen (secondary N) is 1. The van der Waals surface area contributed by atoms with E-state index in [1.54, 1.807) is 18.2 Å². The number of anilines is 2. The van der Waals surface area contributed by atoms with Crippen LogP contribution in [0.15, 0.2) is 48.7 Å². The molecule has 0 saturated heterocycles. The maximum atomic E-state index is 13.6. The number of allylic oxidation sites excluding steroid dienone is 1. The van der Waals surface area contributed by atoms with Crippen molar-refractivity contribution in [3.8, 4) is 11.8 Å². The summed E-state index contributed by atoms with van der Waals surface area (Å²) in [6.07, 6.45) is 4.96. The minimum atomic E-state index is -0.535. The van der Waals surface area contributed by atoms with Gasteiger partial charge in [0.25, 0.3) is 0 Å². The summed E-state index contributed by atoms with van der Waals surface area (Å²) in [5, 5.41) is 13.4. The van der Waals surface area contributed by atoms with Crippen LogP contribution in [0.4, 0.5) is 15.8 Å². The molecule has 0 aliphatic rings. The lowest BCUT2D eigenvalue weighted by atomic mass is 10.0. The number of hydrogen-bond acceptors (Lipinski definition) is 6. The quantitative estimate of drug-likeness (QED) is 0.433. The zero-order chi connectivity index (χ0) is 24.0. The van der Waals surface area contributed by atoms with Gasteiger partial charge in [0.1, 0.15) is 17.6 Å². The average Bonchev–Trinajstić information content (AvgIpc) is 2.77. The van der Waals surface area contributed by atoms with Crippen LogP contribution in [0.1, 0.15) is 18.1 Å². The lowest BCUT2D eigenvalue weighted by Gasteiger charge is -2.15. The average molecular weight is 467 g/mol. The Morgan fingerprint density at radius 2 is 2.12 bits per heavy atom.